The largest absolute Gasteiger partial charge is 0.457 e. The van der Waals surface area contributed by atoms with E-state index in [0.717, 1.165) is 28.2 Å². The van der Waals surface area contributed by atoms with Gasteiger partial charge in [0.25, 0.3) is 0 Å². The van der Waals surface area contributed by atoms with E-state index < -0.39 is 5.60 Å². The number of para-hydroxylation sites is 1. The zero-order valence-electron chi connectivity index (χ0n) is 14.5. The lowest BCUT2D eigenvalue weighted by atomic mass is 9.88. The van der Waals surface area contributed by atoms with Crippen LogP contribution in [0.3, 0.4) is 0 Å². The Kier molecular flexibility index (Phi) is 5.01. The van der Waals surface area contributed by atoms with Crippen molar-refractivity contribution in [3.63, 3.8) is 0 Å². The number of hydrogen-bond acceptors (Lipinski definition) is 2. The Hall–Kier alpha value is -2.84. The monoisotopic (exact) mass is 330 g/mol. The highest BCUT2D eigenvalue weighted by molar-refractivity contribution is 5.57. The van der Waals surface area contributed by atoms with Crippen LogP contribution in [0.4, 0.5) is 0 Å². The Bertz CT molecular complexity index is 847. The van der Waals surface area contributed by atoms with Gasteiger partial charge in [-0.15, -0.1) is 0 Å². The van der Waals surface area contributed by atoms with E-state index in [4.69, 9.17) is 4.74 Å². The lowest BCUT2D eigenvalue weighted by molar-refractivity contribution is 0.102. The molecule has 0 radical (unpaired) electrons. The van der Waals surface area contributed by atoms with Gasteiger partial charge in [0.2, 0.25) is 0 Å². The molecular weight excluding hydrogens is 308 g/mol. The molecule has 25 heavy (non-hydrogen) atoms. The van der Waals surface area contributed by atoms with Gasteiger partial charge < -0.3 is 9.84 Å². The van der Waals surface area contributed by atoms with E-state index in [-0.39, 0.29) is 0 Å². The molecule has 0 saturated carbocycles. The quantitative estimate of drug-likeness (QED) is 0.643. The summed E-state index contributed by atoms with van der Waals surface area (Å²) < 4.78 is 6.00. The Morgan fingerprint density at radius 2 is 1.40 bits per heavy atom. The summed E-state index contributed by atoms with van der Waals surface area (Å²) in [6.45, 7) is 3.79. The average molecular weight is 330 g/mol. The molecule has 0 saturated heterocycles. The predicted octanol–water partition coefficient (Wildman–Crippen LogP) is 5.77. The highest BCUT2D eigenvalue weighted by Crippen LogP contribution is 2.32. The van der Waals surface area contributed by atoms with Crippen LogP contribution in [0.5, 0.6) is 11.5 Å². The summed E-state index contributed by atoms with van der Waals surface area (Å²) >= 11 is 0. The molecule has 0 bridgehead atoms. The minimum atomic E-state index is -1.04. The fraction of sp³-hybridized carbons (Fsp3) is 0.130. The normalized spacial score (nSPS) is 13.6. The van der Waals surface area contributed by atoms with Gasteiger partial charge in [0, 0.05) is 5.56 Å². The maximum atomic E-state index is 10.9. The molecule has 0 spiro atoms. The Morgan fingerprint density at radius 1 is 0.800 bits per heavy atom. The summed E-state index contributed by atoms with van der Waals surface area (Å²) in [5.41, 5.74) is 1.68. The molecule has 2 nitrogen and oxygen atoms in total. The van der Waals surface area contributed by atoms with E-state index in [1.807, 2.05) is 97.9 Å². The summed E-state index contributed by atoms with van der Waals surface area (Å²) in [6.07, 6.45) is 4.01. The number of aliphatic hydroxyl groups is 1. The fourth-order valence-electron chi connectivity index (χ4n) is 2.79. The van der Waals surface area contributed by atoms with Crippen molar-refractivity contribution >= 4 is 6.08 Å². The van der Waals surface area contributed by atoms with Crippen molar-refractivity contribution in [1.82, 2.24) is 0 Å². The molecule has 0 aliphatic rings. The van der Waals surface area contributed by atoms with Crippen molar-refractivity contribution in [3.8, 4) is 11.5 Å². The van der Waals surface area contributed by atoms with Crippen LogP contribution in [0.25, 0.3) is 6.08 Å². The Morgan fingerprint density at radius 3 is 2.08 bits per heavy atom. The van der Waals surface area contributed by atoms with Crippen LogP contribution in [-0.4, -0.2) is 5.11 Å². The zero-order valence-corrected chi connectivity index (χ0v) is 14.5. The minimum absolute atomic E-state index is 0.740. The lowest BCUT2D eigenvalue weighted by Crippen LogP contribution is -2.22. The van der Waals surface area contributed by atoms with Gasteiger partial charge in [0.1, 0.15) is 17.1 Å². The van der Waals surface area contributed by atoms with Gasteiger partial charge in [-0.2, -0.15) is 0 Å². The summed E-state index contributed by atoms with van der Waals surface area (Å²) in [5.74, 6) is 1.55. The third kappa shape index (κ3) is 3.81. The van der Waals surface area contributed by atoms with Crippen molar-refractivity contribution in [1.29, 1.82) is 0 Å². The standard InChI is InChI=1S/C23H22O2/c1-3-9-18-10-7-8-13-22(18)25-21-16-14-20(15-17-21)23(2,24)19-11-5-4-6-12-19/h3-17,24H,1-2H3. The van der Waals surface area contributed by atoms with Crippen molar-refractivity contribution < 1.29 is 9.84 Å². The molecule has 126 valence electrons. The van der Waals surface area contributed by atoms with E-state index in [2.05, 4.69) is 0 Å². The van der Waals surface area contributed by atoms with Crippen LogP contribution in [0.15, 0.2) is 84.9 Å². The van der Waals surface area contributed by atoms with Crippen LogP contribution in [0.2, 0.25) is 0 Å². The second-order valence-electron chi connectivity index (χ2n) is 6.10. The van der Waals surface area contributed by atoms with E-state index in [0.29, 0.717) is 0 Å². The van der Waals surface area contributed by atoms with Crippen LogP contribution >= 0.6 is 0 Å². The third-order valence-electron chi connectivity index (χ3n) is 4.25. The van der Waals surface area contributed by atoms with Gasteiger partial charge in [0.05, 0.1) is 0 Å². The highest BCUT2D eigenvalue weighted by atomic mass is 16.5. The van der Waals surface area contributed by atoms with Gasteiger partial charge >= 0.3 is 0 Å². The van der Waals surface area contributed by atoms with Crippen molar-refractivity contribution in [2.24, 2.45) is 0 Å². The molecule has 0 aromatic heterocycles. The topological polar surface area (TPSA) is 29.5 Å². The van der Waals surface area contributed by atoms with Crippen molar-refractivity contribution in [2.45, 2.75) is 19.4 Å². The molecule has 0 aliphatic carbocycles. The molecule has 1 atom stereocenters. The van der Waals surface area contributed by atoms with E-state index in [1.54, 1.807) is 6.92 Å². The van der Waals surface area contributed by atoms with Gasteiger partial charge in [0.15, 0.2) is 0 Å². The fourth-order valence-corrected chi connectivity index (χ4v) is 2.79. The number of rotatable bonds is 5. The van der Waals surface area contributed by atoms with Gasteiger partial charge in [-0.05, 0) is 43.2 Å². The Balaban J connectivity index is 1.84. The number of benzene rings is 3. The molecular formula is C23H22O2. The molecule has 3 aromatic carbocycles. The smallest absolute Gasteiger partial charge is 0.134 e. The van der Waals surface area contributed by atoms with Crippen LogP contribution in [0, 0.1) is 0 Å². The van der Waals surface area contributed by atoms with Crippen LogP contribution in [0.1, 0.15) is 30.5 Å². The summed E-state index contributed by atoms with van der Waals surface area (Å²) in [4.78, 5) is 0. The summed E-state index contributed by atoms with van der Waals surface area (Å²) in [7, 11) is 0. The second-order valence-corrected chi connectivity index (χ2v) is 6.10. The molecule has 3 rings (SSSR count). The molecule has 3 aromatic rings. The SMILES string of the molecule is CC=Cc1ccccc1Oc1ccc(C(C)(O)c2ccccc2)cc1. The molecule has 0 aliphatic heterocycles. The summed E-state index contributed by atoms with van der Waals surface area (Å²) in [6, 6.07) is 25.2. The molecule has 0 heterocycles. The first-order chi connectivity index (χ1) is 12.1. The molecule has 0 amide bonds. The van der Waals surface area contributed by atoms with Gasteiger partial charge in [-0.25, -0.2) is 0 Å². The first-order valence-electron chi connectivity index (χ1n) is 8.39. The lowest BCUT2D eigenvalue weighted by Gasteiger charge is -2.24. The van der Waals surface area contributed by atoms with E-state index in [9.17, 15) is 5.11 Å². The van der Waals surface area contributed by atoms with E-state index in [1.165, 1.54) is 0 Å². The summed E-state index contributed by atoms with van der Waals surface area (Å²) in [5, 5.41) is 10.9. The third-order valence-corrected chi connectivity index (χ3v) is 4.25. The molecule has 1 unspecified atom stereocenters. The second kappa shape index (κ2) is 7.37. The molecule has 1 N–H and O–H groups in total. The highest BCUT2D eigenvalue weighted by Gasteiger charge is 2.25. The number of allylic oxidation sites excluding steroid dienone is 1. The van der Waals surface area contributed by atoms with Gasteiger partial charge in [-0.3, -0.25) is 0 Å². The zero-order chi connectivity index (χ0) is 17.7. The Labute approximate surface area is 149 Å². The average Bonchev–Trinajstić information content (AvgIpc) is 2.65. The number of hydrogen-bond donors (Lipinski definition) is 1. The van der Waals surface area contributed by atoms with Gasteiger partial charge in [-0.1, -0.05) is 72.8 Å². The minimum Gasteiger partial charge on any atom is -0.457 e. The molecule has 0 fully saturated rings. The van der Waals surface area contributed by atoms with Crippen molar-refractivity contribution in [2.75, 3.05) is 0 Å². The van der Waals surface area contributed by atoms with E-state index >= 15 is 0 Å². The van der Waals surface area contributed by atoms with Crippen molar-refractivity contribution in [3.05, 3.63) is 102 Å². The molecule has 2 heteroatoms. The van der Waals surface area contributed by atoms with Crippen LogP contribution < -0.4 is 4.74 Å². The predicted molar refractivity (Wildman–Crippen MR) is 103 cm³/mol. The first-order valence-corrected chi connectivity index (χ1v) is 8.39. The maximum absolute atomic E-state index is 10.9. The maximum Gasteiger partial charge on any atom is 0.134 e. The number of ether oxygens (including phenoxy) is 1. The first kappa shape index (κ1) is 17.0. The van der Waals surface area contributed by atoms with Crippen LogP contribution in [-0.2, 0) is 5.60 Å².